The summed E-state index contributed by atoms with van der Waals surface area (Å²) in [6.45, 7) is 3.84. The number of rotatable bonds is 6. The number of hydrogen-bond donors (Lipinski definition) is 0. The number of para-hydroxylation sites is 1. The van der Waals surface area contributed by atoms with Crippen molar-refractivity contribution in [2.75, 3.05) is 7.11 Å². The molecule has 3 aromatic rings. The SMILES string of the molecule is COc1cc(C=Nn2c(C3CCCCC3)nc3ccccc3c2=O)c(Br)c(Cl)c1OC(C)C. The molecule has 0 spiro atoms. The molecule has 174 valence electrons. The first-order chi connectivity index (χ1) is 15.9. The van der Waals surface area contributed by atoms with Crippen LogP contribution in [0.2, 0.25) is 5.02 Å². The van der Waals surface area contributed by atoms with Crippen LogP contribution in [0.5, 0.6) is 11.5 Å². The van der Waals surface area contributed by atoms with E-state index in [2.05, 4.69) is 21.0 Å². The van der Waals surface area contributed by atoms with Crippen molar-refractivity contribution in [1.82, 2.24) is 9.66 Å². The van der Waals surface area contributed by atoms with Crippen LogP contribution in [0.3, 0.4) is 0 Å². The second kappa shape index (κ2) is 10.3. The molecule has 0 amide bonds. The Bertz CT molecular complexity index is 1250. The van der Waals surface area contributed by atoms with Crippen LogP contribution in [0.1, 0.15) is 63.3 Å². The summed E-state index contributed by atoms with van der Waals surface area (Å²) >= 11 is 10.1. The zero-order chi connectivity index (χ0) is 23.5. The van der Waals surface area contributed by atoms with Crippen molar-refractivity contribution >= 4 is 44.6 Å². The van der Waals surface area contributed by atoms with Crippen LogP contribution >= 0.6 is 27.5 Å². The van der Waals surface area contributed by atoms with E-state index in [0.29, 0.717) is 43.3 Å². The summed E-state index contributed by atoms with van der Waals surface area (Å²) in [6.07, 6.45) is 7.04. The molecule has 2 aromatic carbocycles. The number of nitrogens with zero attached hydrogens (tertiary/aromatic N) is 3. The van der Waals surface area contributed by atoms with Crippen molar-refractivity contribution in [2.45, 2.75) is 58.0 Å². The first-order valence-electron chi connectivity index (χ1n) is 11.2. The monoisotopic (exact) mass is 531 g/mol. The Balaban J connectivity index is 1.83. The summed E-state index contributed by atoms with van der Waals surface area (Å²) in [6, 6.07) is 9.20. The fourth-order valence-electron chi connectivity index (χ4n) is 4.19. The van der Waals surface area contributed by atoms with E-state index in [4.69, 9.17) is 26.1 Å². The summed E-state index contributed by atoms with van der Waals surface area (Å²) in [4.78, 5) is 18.2. The maximum Gasteiger partial charge on any atom is 0.282 e. The molecule has 8 heteroatoms. The van der Waals surface area contributed by atoms with Crippen LogP contribution in [0, 0.1) is 0 Å². The first kappa shape index (κ1) is 23.8. The second-order valence-corrected chi connectivity index (χ2v) is 9.65. The molecule has 1 aromatic heterocycles. The van der Waals surface area contributed by atoms with Crippen LogP contribution in [0.4, 0.5) is 0 Å². The Labute approximate surface area is 206 Å². The van der Waals surface area contributed by atoms with E-state index < -0.39 is 0 Å². The zero-order valence-corrected chi connectivity index (χ0v) is 21.3. The molecule has 0 atom stereocenters. The minimum absolute atomic E-state index is 0.0666. The van der Waals surface area contributed by atoms with E-state index in [-0.39, 0.29) is 17.6 Å². The van der Waals surface area contributed by atoms with Gasteiger partial charge in [0.15, 0.2) is 11.5 Å². The molecule has 0 radical (unpaired) electrons. The molecule has 1 fully saturated rings. The first-order valence-corrected chi connectivity index (χ1v) is 12.4. The van der Waals surface area contributed by atoms with Gasteiger partial charge in [-0.05, 0) is 60.8 Å². The van der Waals surface area contributed by atoms with Gasteiger partial charge in [-0.3, -0.25) is 4.79 Å². The Morgan fingerprint density at radius 3 is 2.67 bits per heavy atom. The summed E-state index contributed by atoms with van der Waals surface area (Å²) in [7, 11) is 1.56. The van der Waals surface area contributed by atoms with E-state index >= 15 is 0 Å². The molecule has 0 saturated heterocycles. The van der Waals surface area contributed by atoms with Crippen LogP contribution in [0.15, 0.2) is 44.7 Å². The number of fused-ring (bicyclic) bond motifs is 1. The highest BCUT2D eigenvalue weighted by Crippen LogP contribution is 2.42. The number of ether oxygens (including phenoxy) is 2. The minimum atomic E-state index is -0.175. The third-order valence-electron chi connectivity index (χ3n) is 5.79. The van der Waals surface area contributed by atoms with Gasteiger partial charge in [0.2, 0.25) is 0 Å². The molecule has 33 heavy (non-hydrogen) atoms. The van der Waals surface area contributed by atoms with E-state index in [9.17, 15) is 4.79 Å². The number of aromatic nitrogens is 2. The quantitative estimate of drug-likeness (QED) is 0.338. The van der Waals surface area contributed by atoms with Crippen molar-refractivity contribution in [2.24, 2.45) is 5.10 Å². The lowest BCUT2D eigenvalue weighted by Gasteiger charge is -2.22. The predicted molar refractivity (Wildman–Crippen MR) is 136 cm³/mol. The Morgan fingerprint density at radius 2 is 1.97 bits per heavy atom. The van der Waals surface area contributed by atoms with Gasteiger partial charge in [-0.15, -0.1) is 0 Å². The van der Waals surface area contributed by atoms with Gasteiger partial charge < -0.3 is 9.47 Å². The van der Waals surface area contributed by atoms with Crippen molar-refractivity contribution < 1.29 is 9.47 Å². The number of benzene rings is 2. The fourth-order valence-corrected chi connectivity index (χ4v) is 4.84. The van der Waals surface area contributed by atoms with Crippen LogP contribution in [0.25, 0.3) is 10.9 Å². The molecule has 1 aliphatic carbocycles. The summed E-state index contributed by atoms with van der Waals surface area (Å²) < 4.78 is 13.4. The van der Waals surface area contributed by atoms with E-state index in [1.54, 1.807) is 25.5 Å². The van der Waals surface area contributed by atoms with Gasteiger partial charge in [0.1, 0.15) is 10.8 Å². The number of hydrogen-bond acceptors (Lipinski definition) is 5. The largest absolute Gasteiger partial charge is 0.493 e. The number of halogens is 2. The third-order valence-corrected chi connectivity index (χ3v) is 7.23. The van der Waals surface area contributed by atoms with E-state index in [1.165, 1.54) is 11.1 Å². The molecule has 6 nitrogen and oxygen atoms in total. The van der Waals surface area contributed by atoms with Gasteiger partial charge in [-0.2, -0.15) is 9.78 Å². The molecule has 1 aliphatic rings. The van der Waals surface area contributed by atoms with Crippen molar-refractivity contribution in [1.29, 1.82) is 0 Å². The van der Waals surface area contributed by atoms with Gasteiger partial charge in [0.05, 0.1) is 30.3 Å². The summed E-state index contributed by atoms with van der Waals surface area (Å²) in [5.74, 6) is 1.88. The van der Waals surface area contributed by atoms with Crippen LogP contribution in [-0.2, 0) is 0 Å². The maximum atomic E-state index is 13.4. The van der Waals surface area contributed by atoms with E-state index in [0.717, 1.165) is 25.7 Å². The third kappa shape index (κ3) is 4.94. The molecule has 0 N–H and O–H groups in total. The molecule has 4 rings (SSSR count). The Morgan fingerprint density at radius 1 is 1.24 bits per heavy atom. The Kier molecular flexibility index (Phi) is 7.39. The van der Waals surface area contributed by atoms with Gasteiger partial charge in [0, 0.05) is 16.0 Å². The van der Waals surface area contributed by atoms with E-state index in [1.807, 2.05) is 32.0 Å². The molecule has 1 heterocycles. The average molecular weight is 533 g/mol. The predicted octanol–water partition coefficient (Wildman–Crippen LogP) is 6.54. The lowest BCUT2D eigenvalue weighted by molar-refractivity contribution is 0.230. The second-order valence-electron chi connectivity index (χ2n) is 8.48. The highest BCUT2D eigenvalue weighted by molar-refractivity contribution is 9.10. The lowest BCUT2D eigenvalue weighted by atomic mass is 9.88. The highest BCUT2D eigenvalue weighted by Gasteiger charge is 2.23. The molecular formula is C25H27BrClN3O3. The highest BCUT2D eigenvalue weighted by atomic mass is 79.9. The van der Waals surface area contributed by atoms with Crippen LogP contribution < -0.4 is 15.0 Å². The standard InChI is InChI=1S/C25H27BrClN3O3/c1-15(2)33-23-20(32-3)13-17(21(26)22(23)27)14-28-30-24(16-9-5-4-6-10-16)29-19-12-8-7-11-18(19)25(30)31/h7-8,11-16H,4-6,9-10H2,1-3H3. The molecule has 0 unspecified atom stereocenters. The fraction of sp³-hybridized carbons (Fsp3) is 0.400. The van der Waals surface area contributed by atoms with Crippen LogP contribution in [-0.4, -0.2) is 29.1 Å². The van der Waals surface area contributed by atoms with Crippen molar-refractivity contribution in [3.05, 3.63) is 61.6 Å². The van der Waals surface area contributed by atoms with Crippen molar-refractivity contribution in [3.63, 3.8) is 0 Å². The molecule has 0 aliphatic heterocycles. The normalized spacial score (nSPS) is 15.0. The van der Waals surface area contributed by atoms with Crippen molar-refractivity contribution in [3.8, 4) is 11.5 Å². The molecule has 1 saturated carbocycles. The smallest absolute Gasteiger partial charge is 0.282 e. The topological polar surface area (TPSA) is 65.7 Å². The van der Waals surface area contributed by atoms with Gasteiger partial charge in [0.25, 0.3) is 5.56 Å². The lowest BCUT2D eigenvalue weighted by Crippen LogP contribution is -2.25. The zero-order valence-electron chi connectivity index (χ0n) is 19.0. The van der Waals surface area contributed by atoms with Gasteiger partial charge in [-0.1, -0.05) is 43.0 Å². The minimum Gasteiger partial charge on any atom is -0.493 e. The molecule has 0 bridgehead atoms. The molecular weight excluding hydrogens is 506 g/mol. The van der Waals surface area contributed by atoms with Gasteiger partial charge in [-0.25, -0.2) is 4.98 Å². The Hall–Kier alpha value is -2.38. The number of methoxy groups -OCH3 is 1. The van der Waals surface area contributed by atoms with Gasteiger partial charge >= 0.3 is 0 Å². The summed E-state index contributed by atoms with van der Waals surface area (Å²) in [5, 5.41) is 5.54. The average Bonchev–Trinajstić information content (AvgIpc) is 2.82. The summed E-state index contributed by atoms with van der Waals surface area (Å²) in [5.41, 5.74) is 1.20. The maximum absolute atomic E-state index is 13.4.